The van der Waals surface area contributed by atoms with Crippen LogP contribution in [0.2, 0.25) is 0 Å². The van der Waals surface area contributed by atoms with Crippen LogP contribution in [-0.2, 0) is 0 Å². The standard InChI is InChI=1S/C14H18ClF/c1-14(9-3-2-4-10-14)13(15)11-5-7-12(16)8-6-11/h5-8,13H,2-4,9-10H2,1H3. The summed E-state index contributed by atoms with van der Waals surface area (Å²) in [4.78, 5) is 0. The zero-order valence-electron chi connectivity index (χ0n) is 9.68. The van der Waals surface area contributed by atoms with Crippen LogP contribution in [0.3, 0.4) is 0 Å². The molecule has 16 heavy (non-hydrogen) atoms. The van der Waals surface area contributed by atoms with Crippen molar-refractivity contribution in [1.82, 2.24) is 0 Å². The molecule has 0 aromatic heterocycles. The van der Waals surface area contributed by atoms with Crippen molar-refractivity contribution in [3.05, 3.63) is 35.6 Å². The summed E-state index contributed by atoms with van der Waals surface area (Å²) in [6, 6.07) is 6.62. The van der Waals surface area contributed by atoms with Crippen LogP contribution in [0.4, 0.5) is 4.39 Å². The molecule has 0 nitrogen and oxygen atoms in total. The molecule has 0 saturated heterocycles. The zero-order chi connectivity index (χ0) is 11.6. The van der Waals surface area contributed by atoms with Crippen LogP contribution in [0.5, 0.6) is 0 Å². The molecule has 0 bridgehead atoms. The fraction of sp³-hybridized carbons (Fsp3) is 0.571. The molecule has 1 aromatic rings. The van der Waals surface area contributed by atoms with Crippen molar-refractivity contribution in [3.63, 3.8) is 0 Å². The monoisotopic (exact) mass is 240 g/mol. The van der Waals surface area contributed by atoms with E-state index in [-0.39, 0.29) is 16.6 Å². The van der Waals surface area contributed by atoms with E-state index in [9.17, 15) is 4.39 Å². The molecule has 1 unspecified atom stereocenters. The lowest BCUT2D eigenvalue weighted by molar-refractivity contribution is 0.206. The molecule has 2 heteroatoms. The van der Waals surface area contributed by atoms with Gasteiger partial charge in [-0.15, -0.1) is 11.6 Å². The maximum absolute atomic E-state index is 12.8. The Hall–Kier alpha value is -0.560. The van der Waals surface area contributed by atoms with Crippen LogP contribution in [0.1, 0.15) is 50.0 Å². The van der Waals surface area contributed by atoms with Crippen LogP contribution >= 0.6 is 11.6 Å². The third-order valence-corrected chi connectivity index (χ3v) is 4.55. The highest BCUT2D eigenvalue weighted by Crippen LogP contribution is 2.48. The van der Waals surface area contributed by atoms with Crippen LogP contribution in [0.25, 0.3) is 0 Å². The smallest absolute Gasteiger partial charge is 0.123 e. The SMILES string of the molecule is CC1(C(Cl)c2ccc(F)cc2)CCCCC1. The largest absolute Gasteiger partial charge is 0.207 e. The average Bonchev–Trinajstić information content (AvgIpc) is 2.30. The Bertz CT molecular complexity index is 338. The van der Waals surface area contributed by atoms with E-state index in [2.05, 4.69) is 6.92 Å². The molecule has 88 valence electrons. The third kappa shape index (κ3) is 2.40. The first-order chi connectivity index (χ1) is 7.62. The minimum Gasteiger partial charge on any atom is -0.207 e. The topological polar surface area (TPSA) is 0 Å². The molecule has 1 aliphatic carbocycles. The van der Waals surface area contributed by atoms with Crippen molar-refractivity contribution in [3.8, 4) is 0 Å². The van der Waals surface area contributed by atoms with E-state index in [1.165, 1.54) is 44.2 Å². The first-order valence-corrected chi connectivity index (χ1v) is 6.45. The molecule has 0 aliphatic heterocycles. The molecule has 0 spiro atoms. The predicted molar refractivity (Wildman–Crippen MR) is 66.2 cm³/mol. The highest BCUT2D eigenvalue weighted by molar-refractivity contribution is 6.21. The van der Waals surface area contributed by atoms with Gasteiger partial charge in [-0.05, 0) is 36.0 Å². The Balaban J connectivity index is 2.16. The number of hydrogen-bond donors (Lipinski definition) is 0. The van der Waals surface area contributed by atoms with Gasteiger partial charge in [-0.2, -0.15) is 0 Å². The lowest BCUT2D eigenvalue weighted by Gasteiger charge is -2.37. The quantitative estimate of drug-likeness (QED) is 0.633. The Morgan fingerprint density at radius 2 is 1.69 bits per heavy atom. The minimum absolute atomic E-state index is 0.00778. The van der Waals surface area contributed by atoms with Gasteiger partial charge in [0, 0.05) is 0 Å². The zero-order valence-corrected chi connectivity index (χ0v) is 10.4. The molecule has 0 N–H and O–H groups in total. The summed E-state index contributed by atoms with van der Waals surface area (Å²) in [5.74, 6) is -0.193. The minimum atomic E-state index is -0.193. The van der Waals surface area contributed by atoms with Gasteiger partial charge in [-0.1, -0.05) is 38.3 Å². The van der Waals surface area contributed by atoms with Crippen molar-refractivity contribution < 1.29 is 4.39 Å². The number of alkyl halides is 1. The Labute approximate surface area is 102 Å². The second kappa shape index (κ2) is 4.75. The Morgan fingerprint density at radius 1 is 1.12 bits per heavy atom. The fourth-order valence-electron chi connectivity index (χ4n) is 2.65. The summed E-state index contributed by atoms with van der Waals surface area (Å²) >= 11 is 6.56. The summed E-state index contributed by atoms with van der Waals surface area (Å²) < 4.78 is 12.8. The fourth-order valence-corrected chi connectivity index (χ4v) is 3.01. The molecular formula is C14H18ClF. The molecule has 1 fully saturated rings. The number of hydrogen-bond acceptors (Lipinski definition) is 0. The first kappa shape index (κ1) is 11.9. The lowest BCUT2D eigenvalue weighted by atomic mass is 9.71. The van der Waals surface area contributed by atoms with Crippen molar-refractivity contribution in [2.24, 2.45) is 5.41 Å². The van der Waals surface area contributed by atoms with Gasteiger partial charge in [0.05, 0.1) is 5.38 Å². The van der Waals surface area contributed by atoms with Crippen LogP contribution in [0.15, 0.2) is 24.3 Å². The molecule has 0 heterocycles. The van der Waals surface area contributed by atoms with E-state index >= 15 is 0 Å². The highest BCUT2D eigenvalue weighted by Gasteiger charge is 2.35. The average molecular weight is 241 g/mol. The van der Waals surface area contributed by atoms with Gasteiger partial charge >= 0.3 is 0 Å². The molecule has 1 saturated carbocycles. The van der Waals surface area contributed by atoms with Crippen molar-refractivity contribution in [2.75, 3.05) is 0 Å². The third-order valence-electron chi connectivity index (χ3n) is 3.77. The molecule has 0 amide bonds. The molecule has 1 aliphatic rings. The normalized spacial score (nSPS) is 21.7. The predicted octanol–water partition coefficient (Wildman–Crippen LogP) is 5.08. The van der Waals surface area contributed by atoms with Crippen LogP contribution in [0, 0.1) is 11.2 Å². The van der Waals surface area contributed by atoms with E-state index < -0.39 is 0 Å². The van der Waals surface area contributed by atoms with E-state index in [4.69, 9.17) is 11.6 Å². The van der Waals surface area contributed by atoms with E-state index in [0.717, 1.165) is 5.56 Å². The van der Waals surface area contributed by atoms with Crippen LogP contribution in [-0.4, -0.2) is 0 Å². The van der Waals surface area contributed by atoms with Gasteiger partial charge < -0.3 is 0 Å². The second-order valence-corrected chi connectivity index (χ2v) is 5.57. The van der Waals surface area contributed by atoms with Gasteiger partial charge in [0.15, 0.2) is 0 Å². The summed E-state index contributed by atoms with van der Waals surface area (Å²) in [6.45, 7) is 2.26. The molecule has 1 atom stereocenters. The van der Waals surface area contributed by atoms with E-state index in [1.807, 2.05) is 12.1 Å². The Morgan fingerprint density at radius 3 is 2.25 bits per heavy atom. The van der Waals surface area contributed by atoms with Gasteiger partial charge in [0.1, 0.15) is 5.82 Å². The summed E-state index contributed by atoms with van der Waals surface area (Å²) in [6.07, 6.45) is 6.21. The number of rotatable bonds is 2. The summed E-state index contributed by atoms with van der Waals surface area (Å²) in [7, 11) is 0. The van der Waals surface area contributed by atoms with Gasteiger partial charge in [0.25, 0.3) is 0 Å². The molecule has 2 rings (SSSR count). The van der Waals surface area contributed by atoms with Gasteiger partial charge in [-0.3, -0.25) is 0 Å². The first-order valence-electron chi connectivity index (χ1n) is 6.01. The summed E-state index contributed by atoms with van der Waals surface area (Å²) in [5.41, 5.74) is 1.23. The molecule has 1 aromatic carbocycles. The molecule has 0 radical (unpaired) electrons. The number of halogens is 2. The summed E-state index contributed by atoms with van der Waals surface area (Å²) in [5, 5.41) is 0.00778. The van der Waals surface area contributed by atoms with Gasteiger partial charge in [0.2, 0.25) is 0 Å². The van der Waals surface area contributed by atoms with Gasteiger partial charge in [-0.25, -0.2) is 4.39 Å². The number of benzene rings is 1. The van der Waals surface area contributed by atoms with E-state index in [0.29, 0.717) is 0 Å². The second-order valence-electron chi connectivity index (χ2n) is 5.13. The maximum atomic E-state index is 12.8. The van der Waals surface area contributed by atoms with Crippen LogP contribution < -0.4 is 0 Å². The maximum Gasteiger partial charge on any atom is 0.123 e. The highest BCUT2D eigenvalue weighted by atomic mass is 35.5. The van der Waals surface area contributed by atoms with Crippen molar-refractivity contribution in [1.29, 1.82) is 0 Å². The lowest BCUT2D eigenvalue weighted by Crippen LogP contribution is -2.25. The Kier molecular flexibility index (Phi) is 3.53. The van der Waals surface area contributed by atoms with Crippen molar-refractivity contribution >= 4 is 11.6 Å². The molecular weight excluding hydrogens is 223 g/mol. The van der Waals surface area contributed by atoms with E-state index in [1.54, 1.807) is 0 Å². The van der Waals surface area contributed by atoms with Crippen molar-refractivity contribution in [2.45, 2.75) is 44.4 Å².